The van der Waals surface area contributed by atoms with E-state index in [0.717, 1.165) is 26.9 Å². The number of nitrogens with one attached hydrogen (secondary N) is 1. The third kappa shape index (κ3) is 2.69. The van der Waals surface area contributed by atoms with Crippen molar-refractivity contribution in [1.29, 1.82) is 0 Å². The molecular formula is C16H13BrClN3. The molecule has 0 saturated carbocycles. The van der Waals surface area contributed by atoms with Gasteiger partial charge in [0.1, 0.15) is 0 Å². The quantitative estimate of drug-likeness (QED) is 0.670. The van der Waals surface area contributed by atoms with Crippen molar-refractivity contribution >= 4 is 33.3 Å². The van der Waals surface area contributed by atoms with Crippen LogP contribution in [0.25, 0.3) is 22.4 Å². The fourth-order valence-corrected chi connectivity index (χ4v) is 3.10. The molecule has 3 N–H and O–H groups in total. The smallest absolute Gasteiger partial charge is 0.153 e. The fraction of sp³-hybridized carbons (Fsp3) is 0.0625. The van der Waals surface area contributed by atoms with Gasteiger partial charge in [0.25, 0.3) is 0 Å². The van der Waals surface area contributed by atoms with Crippen molar-refractivity contribution in [2.75, 3.05) is 5.73 Å². The molecule has 3 rings (SSSR count). The SMILES string of the molecule is Cc1cccc(-c2c(N)n[nH]c2-c2ccc(Br)cc2Cl)c1. The van der Waals surface area contributed by atoms with Gasteiger partial charge in [-0.25, -0.2) is 0 Å². The molecular weight excluding hydrogens is 350 g/mol. The van der Waals surface area contributed by atoms with Gasteiger partial charge in [0, 0.05) is 10.0 Å². The highest BCUT2D eigenvalue weighted by Crippen LogP contribution is 2.38. The maximum Gasteiger partial charge on any atom is 0.153 e. The Morgan fingerprint density at radius 3 is 2.71 bits per heavy atom. The average Bonchev–Trinajstić information content (AvgIpc) is 2.80. The standard InChI is InChI=1S/C16H13BrClN3/c1-9-3-2-4-10(7-9)14-15(20-21-16(14)19)12-6-5-11(17)8-13(12)18/h2-8H,1H3,(H3,19,20,21). The first-order chi connectivity index (χ1) is 10.1. The summed E-state index contributed by atoms with van der Waals surface area (Å²) in [6, 6.07) is 13.9. The maximum atomic E-state index is 6.35. The third-order valence-electron chi connectivity index (χ3n) is 3.30. The Kier molecular flexibility index (Phi) is 3.74. The van der Waals surface area contributed by atoms with Crippen molar-refractivity contribution < 1.29 is 0 Å². The van der Waals surface area contributed by atoms with Crippen LogP contribution in [0, 0.1) is 6.92 Å². The Balaban J connectivity index is 2.22. The lowest BCUT2D eigenvalue weighted by molar-refractivity contribution is 1.10. The number of hydrogen-bond donors (Lipinski definition) is 2. The van der Waals surface area contributed by atoms with Gasteiger partial charge in [0.2, 0.25) is 0 Å². The number of rotatable bonds is 2. The van der Waals surface area contributed by atoms with Gasteiger partial charge in [-0.1, -0.05) is 63.4 Å². The second kappa shape index (κ2) is 5.54. The second-order valence-corrected chi connectivity index (χ2v) is 6.18. The number of aromatic amines is 1. The molecule has 106 valence electrons. The highest BCUT2D eigenvalue weighted by molar-refractivity contribution is 9.10. The van der Waals surface area contributed by atoms with E-state index in [2.05, 4.69) is 32.2 Å². The summed E-state index contributed by atoms with van der Waals surface area (Å²) in [5.41, 5.74) is 10.8. The molecule has 5 heteroatoms. The van der Waals surface area contributed by atoms with Crippen LogP contribution < -0.4 is 5.73 Å². The molecule has 0 bridgehead atoms. The molecule has 0 amide bonds. The predicted molar refractivity (Wildman–Crippen MR) is 91.3 cm³/mol. The summed E-state index contributed by atoms with van der Waals surface area (Å²) in [5.74, 6) is 0.467. The number of benzene rings is 2. The van der Waals surface area contributed by atoms with Gasteiger partial charge in [-0.3, -0.25) is 5.10 Å². The largest absolute Gasteiger partial charge is 0.382 e. The summed E-state index contributed by atoms with van der Waals surface area (Å²) in [6.07, 6.45) is 0. The topological polar surface area (TPSA) is 54.7 Å². The summed E-state index contributed by atoms with van der Waals surface area (Å²) < 4.78 is 0.931. The lowest BCUT2D eigenvalue weighted by atomic mass is 9.99. The zero-order valence-corrected chi connectivity index (χ0v) is 13.7. The van der Waals surface area contributed by atoms with E-state index < -0.39 is 0 Å². The normalized spacial score (nSPS) is 10.8. The number of anilines is 1. The number of H-pyrrole nitrogens is 1. The average molecular weight is 363 g/mol. The highest BCUT2D eigenvalue weighted by Gasteiger charge is 2.17. The van der Waals surface area contributed by atoms with Crippen LogP contribution in [-0.4, -0.2) is 10.2 Å². The molecule has 1 heterocycles. The minimum absolute atomic E-state index is 0.467. The van der Waals surface area contributed by atoms with E-state index in [1.54, 1.807) is 0 Å². The summed E-state index contributed by atoms with van der Waals surface area (Å²) in [6.45, 7) is 2.05. The first-order valence-corrected chi connectivity index (χ1v) is 7.59. The molecule has 0 aliphatic carbocycles. The third-order valence-corrected chi connectivity index (χ3v) is 4.11. The molecule has 3 aromatic rings. The first kappa shape index (κ1) is 14.2. The zero-order valence-electron chi connectivity index (χ0n) is 11.3. The van der Waals surface area contributed by atoms with Gasteiger partial charge in [0.05, 0.1) is 16.3 Å². The van der Waals surface area contributed by atoms with Crippen molar-refractivity contribution in [3.05, 3.63) is 57.5 Å². The Morgan fingerprint density at radius 2 is 2.00 bits per heavy atom. The van der Waals surface area contributed by atoms with Crippen molar-refractivity contribution in [2.45, 2.75) is 6.92 Å². The van der Waals surface area contributed by atoms with Gasteiger partial charge >= 0.3 is 0 Å². The van der Waals surface area contributed by atoms with Crippen LogP contribution in [0.3, 0.4) is 0 Å². The lowest BCUT2D eigenvalue weighted by Gasteiger charge is -2.08. The number of nitrogens with two attached hydrogens (primary N) is 1. The summed E-state index contributed by atoms with van der Waals surface area (Å²) >= 11 is 9.76. The Bertz CT molecular complexity index is 811. The van der Waals surface area contributed by atoms with E-state index in [1.807, 2.05) is 43.3 Å². The summed E-state index contributed by atoms with van der Waals surface area (Å²) in [5, 5.41) is 7.78. The molecule has 3 nitrogen and oxygen atoms in total. The van der Waals surface area contributed by atoms with E-state index in [0.29, 0.717) is 10.8 Å². The Hall–Kier alpha value is -1.78. The van der Waals surface area contributed by atoms with E-state index in [-0.39, 0.29) is 0 Å². The van der Waals surface area contributed by atoms with Crippen molar-refractivity contribution in [3.63, 3.8) is 0 Å². The molecule has 0 fully saturated rings. The van der Waals surface area contributed by atoms with Gasteiger partial charge in [-0.2, -0.15) is 5.10 Å². The van der Waals surface area contributed by atoms with E-state index in [1.165, 1.54) is 5.56 Å². The van der Waals surface area contributed by atoms with Gasteiger partial charge in [-0.15, -0.1) is 0 Å². The van der Waals surface area contributed by atoms with Gasteiger partial charge in [-0.05, 0) is 24.6 Å². The minimum Gasteiger partial charge on any atom is -0.382 e. The Morgan fingerprint density at radius 1 is 1.19 bits per heavy atom. The minimum atomic E-state index is 0.467. The lowest BCUT2D eigenvalue weighted by Crippen LogP contribution is -1.89. The molecule has 0 spiro atoms. The second-order valence-electron chi connectivity index (χ2n) is 4.85. The molecule has 0 aliphatic rings. The summed E-state index contributed by atoms with van der Waals surface area (Å²) in [7, 11) is 0. The fourth-order valence-electron chi connectivity index (χ4n) is 2.34. The van der Waals surface area contributed by atoms with Crippen molar-refractivity contribution in [3.8, 4) is 22.4 Å². The number of nitrogen functional groups attached to an aromatic ring is 1. The zero-order chi connectivity index (χ0) is 15.0. The maximum absolute atomic E-state index is 6.35. The number of hydrogen-bond acceptors (Lipinski definition) is 2. The van der Waals surface area contributed by atoms with E-state index >= 15 is 0 Å². The van der Waals surface area contributed by atoms with Crippen LogP contribution >= 0.6 is 27.5 Å². The molecule has 0 unspecified atom stereocenters. The van der Waals surface area contributed by atoms with Crippen molar-refractivity contribution in [1.82, 2.24) is 10.2 Å². The molecule has 21 heavy (non-hydrogen) atoms. The van der Waals surface area contributed by atoms with Crippen LogP contribution in [-0.2, 0) is 0 Å². The number of aromatic nitrogens is 2. The monoisotopic (exact) mass is 361 g/mol. The molecule has 2 aromatic carbocycles. The molecule has 0 aliphatic heterocycles. The highest BCUT2D eigenvalue weighted by atomic mass is 79.9. The molecule has 0 atom stereocenters. The number of nitrogens with zero attached hydrogens (tertiary/aromatic N) is 1. The number of halogens is 2. The van der Waals surface area contributed by atoms with Gasteiger partial charge in [0.15, 0.2) is 5.82 Å². The summed E-state index contributed by atoms with van der Waals surface area (Å²) in [4.78, 5) is 0. The van der Waals surface area contributed by atoms with Crippen LogP contribution in [0.4, 0.5) is 5.82 Å². The number of aryl methyl sites for hydroxylation is 1. The molecule has 0 radical (unpaired) electrons. The van der Waals surface area contributed by atoms with E-state index in [4.69, 9.17) is 17.3 Å². The van der Waals surface area contributed by atoms with Crippen LogP contribution in [0.1, 0.15) is 5.56 Å². The molecule has 0 saturated heterocycles. The van der Waals surface area contributed by atoms with Crippen LogP contribution in [0.15, 0.2) is 46.9 Å². The Labute approximate surface area is 136 Å². The van der Waals surface area contributed by atoms with Crippen LogP contribution in [0.2, 0.25) is 5.02 Å². The van der Waals surface area contributed by atoms with Gasteiger partial charge < -0.3 is 5.73 Å². The predicted octanol–water partition coefficient (Wildman–Crippen LogP) is 5.05. The molecule has 1 aromatic heterocycles. The van der Waals surface area contributed by atoms with Crippen LogP contribution in [0.5, 0.6) is 0 Å². The van der Waals surface area contributed by atoms with Crippen molar-refractivity contribution in [2.24, 2.45) is 0 Å². The van der Waals surface area contributed by atoms with E-state index in [9.17, 15) is 0 Å². The first-order valence-electron chi connectivity index (χ1n) is 6.42.